The standard InChI is InChI=1S/C30H28ClN5O/c1-2-23-15-16-25-29(22-17-19-32-26(31)20-22)24(30(35-36(23)25)21-10-4-3-5-11-21)12-6-7-14-28(37)34-27-13-8-9-18-33-27/h3-5,8-11,13,15-20H,2,6-7,12,14H2,1H3,(H,33,34,37). The Labute approximate surface area is 221 Å². The summed E-state index contributed by atoms with van der Waals surface area (Å²) in [6.45, 7) is 2.14. The van der Waals surface area contributed by atoms with Crippen LogP contribution in [0.4, 0.5) is 5.82 Å². The summed E-state index contributed by atoms with van der Waals surface area (Å²) >= 11 is 6.33. The highest BCUT2D eigenvalue weighted by molar-refractivity contribution is 6.29. The van der Waals surface area contributed by atoms with E-state index in [0.29, 0.717) is 17.4 Å². The van der Waals surface area contributed by atoms with Crippen molar-refractivity contribution >= 4 is 28.8 Å². The fourth-order valence-electron chi connectivity index (χ4n) is 4.66. The topological polar surface area (TPSA) is 72.2 Å². The summed E-state index contributed by atoms with van der Waals surface area (Å²) in [4.78, 5) is 20.8. The quantitative estimate of drug-likeness (QED) is 0.171. The van der Waals surface area contributed by atoms with Gasteiger partial charge < -0.3 is 5.32 Å². The SMILES string of the molecule is CCc1ccc2c(-c3ccnc(Cl)c3)c(CCCCC(=O)Nc3ccccn3)c(-c3ccccc3)nn12. The number of carbonyl (C=O) groups is 1. The largest absolute Gasteiger partial charge is 0.311 e. The molecule has 0 atom stereocenters. The number of carbonyl (C=O) groups excluding carboxylic acids is 1. The number of amides is 1. The van der Waals surface area contributed by atoms with E-state index in [9.17, 15) is 4.79 Å². The molecule has 1 N–H and O–H groups in total. The van der Waals surface area contributed by atoms with Crippen LogP contribution in [0.25, 0.3) is 27.9 Å². The smallest absolute Gasteiger partial charge is 0.225 e. The van der Waals surface area contributed by atoms with E-state index in [1.807, 2.05) is 42.5 Å². The minimum atomic E-state index is -0.0316. The molecule has 0 bridgehead atoms. The van der Waals surface area contributed by atoms with Crippen molar-refractivity contribution in [1.29, 1.82) is 0 Å². The maximum absolute atomic E-state index is 12.5. The average Bonchev–Trinajstić information content (AvgIpc) is 3.34. The summed E-state index contributed by atoms with van der Waals surface area (Å²) < 4.78 is 2.05. The first kappa shape index (κ1) is 24.7. The van der Waals surface area contributed by atoms with E-state index in [-0.39, 0.29) is 5.91 Å². The highest BCUT2D eigenvalue weighted by Gasteiger charge is 2.20. The van der Waals surface area contributed by atoms with Gasteiger partial charge in [-0.3, -0.25) is 4.79 Å². The molecule has 186 valence electrons. The molecule has 0 saturated heterocycles. The summed E-state index contributed by atoms with van der Waals surface area (Å²) in [6.07, 6.45) is 7.06. The number of pyridine rings is 2. The number of aryl methyl sites for hydroxylation is 1. The molecule has 5 rings (SSSR count). The number of anilines is 1. The van der Waals surface area contributed by atoms with Crippen LogP contribution in [0.2, 0.25) is 5.15 Å². The average molecular weight is 510 g/mol. The summed E-state index contributed by atoms with van der Waals surface area (Å²) in [6, 6.07) is 23.9. The van der Waals surface area contributed by atoms with Crippen molar-refractivity contribution in [2.24, 2.45) is 0 Å². The second kappa shape index (κ2) is 11.4. The highest BCUT2D eigenvalue weighted by atomic mass is 35.5. The number of aromatic nitrogens is 4. The summed E-state index contributed by atoms with van der Waals surface area (Å²) in [5.41, 5.74) is 7.45. The van der Waals surface area contributed by atoms with E-state index in [0.717, 1.165) is 64.8 Å². The van der Waals surface area contributed by atoms with Crippen LogP contribution >= 0.6 is 11.6 Å². The van der Waals surface area contributed by atoms with Crippen molar-refractivity contribution < 1.29 is 4.79 Å². The van der Waals surface area contributed by atoms with Gasteiger partial charge >= 0.3 is 0 Å². The van der Waals surface area contributed by atoms with Gasteiger partial charge in [-0.05, 0) is 73.2 Å². The van der Waals surface area contributed by atoms with Crippen molar-refractivity contribution in [3.05, 3.63) is 102 Å². The molecule has 0 radical (unpaired) electrons. The van der Waals surface area contributed by atoms with E-state index in [1.165, 1.54) is 0 Å². The number of hydrogen-bond acceptors (Lipinski definition) is 4. The Morgan fingerprint density at radius 1 is 0.919 bits per heavy atom. The zero-order chi connectivity index (χ0) is 25.6. The molecule has 5 aromatic rings. The molecule has 0 saturated carbocycles. The van der Waals surface area contributed by atoms with Gasteiger partial charge in [0.25, 0.3) is 0 Å². The fourth-order valence-corrected chi connectivity index (χ4v) is 4.83. The molecule has 4 heterocycles. The van der Waals surface area contributed by atoms with Crippen LogP contribution in [0, 0.1) is 0 Å². The third-order valence-corrected chi connectivity index (χ3v) is 6.62. The van der Waals surface area contributed by atoms with Crippen molar-refractivity contribution in [3.63, 3.8) is 0 Å². The zero-order valence-electron chi connectivity index (χ0n) is 20.7. The Morgan fingerprint density at radius 3 is 2.51 bits per heavy atom. The zero-order valence-corrected chi connectivity index (χ0v) is 21.4. The molecule has 0 fully saturated rings. The third kappa shape index (κ3) is 5.54. The lowest BCUT2D eigenvalue weighted by molar-refractivity contribution is -0.116. The van der Waals surface area contributed by atoms with Crippen LogP contribution in [0.15, 0.2) is 85.2 Å². The molecule has 6 nitrogen and oxygen atoms in total. The number of benzene rings is 1. The van der Waals surface area contributed by atoms with E-state index in [2.05, 4.69) is 51.0 Å². The Bertz CT molecular complexity index is 1520. The van der Waals surface area contributed by atoms with Crippen molar-refractivity contribution in [3.8, 4) is 22.4 Å². The van der Waals surface area contributed by atoms with Crippen LogP contribution in [0.3, 0.4) is 0 Å². The van der Waals surface area contributed by atoms with Crippen molar-refractivity contribution in [2.45, 2.75) is 39.0 Å². The lowest BCUT2D eigenvalue weighted by atomic mass is 9.92. The van der Waals surface area contributed by atoms with E-state index < -0.39 is 0 Å². The summed E-state index contributed by atoms with van der Waals surface area (Å²) in [7, 11) is 0. The van der Waals surface area contributed by atoms with E-state index in [4.69, 9.17) is 16.7 Å². The highest BCUT2D eigenvalue weighted by Crippen LogP contribution is 2.37. The number of nitrogens with zero attached hydrogens (tertiary/aromatic N) is 4. The Morgan fingerprint density at radius 2 is 1.76 bits per heavy atom. The molecule has 0 unspecified atom stereocenters. The second-order valence-corrected chi connectivity index (χ2v) is 9.27. The van der Waals surface area contributed by atoms with Crippen LogP contribution < -0.4 is 5.32 Å². The maximum Gasteiger partial charge on any atom is 0.225 e. The van der Waals surface area contributed by atoms with Gasteiger partial charge in [0.05, 0.1) is 11.2 Å². The number of unbranched alkanes of at least 4 members (excludes halogenated alkanes) is 1. The first-order valence-corrected chi connectivity index (χ1v) is 12.9. The predicted molar refractivity (Wildman–Crippen MR) is 149 cm³/mol. The Hall–Kier alpha value is -4.03. The van der Waals surface area contributed by atoms with Gasteiger partial charge in [0.15, 0.2) is 0 Å². The summed E-state index contributed by atoms with van der Waals surface area (Å²) in [5, 5.41) is 8.45. The molecule has 4 aromatic heterocycles. The van der Waals surface area contributed by atoms with Gasteiger partial charge in [0.2, 0.25) is 5.91 Å². The molecular formula is C30H28ClN5O. The number of halogens is 1. The number of nitrogens with one attached hydrogen (secondary N) is 1. The molecule has 0 spiro atoms. The van der Waals surface area contributed by atoms with Gasteiger partial charge in [-0.15, -0.1) is 0 Å². The molecule has 0 aliphatic carbocycles. The van der Waals surface area contributed by atoms with Crippen LogP contribution in [-0.4, -0.2) is 25.5 Å². The first-order chi connectivity index (χ1) is 18.1. The van der Waals surface area contributed by atoms with Crippen LogP contribution in [-0.2, 0) is 17.6 Å². The number of rotatable bonds is 9. The van der Waals surface area contributed by atoms with Gasteiger partial charge in [0, 0.05) is 35.6 Å². The van der Waals surface area contributed by atoms with Gasteiger partial charge in [-0.25, -0.2) is 14.5 Å². The Balaban J connectivity index is 1.50. The van der Waals surface area contributed by atoms with Gasteiger partial charge in [0.1, 0.15) is 11.0 Å². The molecule has 37 heavy (non-hydrogen) atoms. The lowest BCUT2D eigenvalue weighted by Crippen LogP contribution is -2.12. The van der Waals surface area contributed by atoms with E-state index in [1.54, 1.807) is 18.5 Å². The number of fused-ring (bicyclic) bond motifs is 1. The normalized spacial score (nSPS) is 11.1. The fraction of sp³-hybridized carbons (Fsp3) is 0.200. The van der Waals surface area contributed by atoms with Crippen molar-refractivity contribution in [2.75, 3.05) is 5.32 Å². The van der Waals surface area contributed by atoms with Crippen LogP contribution in [0.1, 0.15) is 37.4 Å². The minimum Gasteiger partial charge on any atom is -0.311 e. The van der Waals surface area contributed by atoms with Gasteiger partial charge in [-0.2, -0.15) is 5.10 Å². The molecule has 0 aliphatic rings. The van der Waals surface area contributed by atoms with E-state index >= 15 is 0 Å². The lowest BCUT2D eigenvalue weighted by Gasteiger charge is -2.18. The van der Waals surface area contributed by atoms with Crippen molar-refractivity contribution in [1.82, 2.24) is 19.6 Å². The predicted octanol–water partition coefficient (Wildman–Crippen LogP) is 7.03. The molecule has 7 heteroatoms. The number of hydrogen-bond donors (Lipinski definition) is 1. The van der Waals surface area contributed by atoms with Crippen LogP contribution in [0.5, 0.6) is 0 Å². The molecular weight excluding hydrogens is 482 g/mol. The first-order valence-electron chi connectivity index (χ1n) is 12.6. The summed E-state index contributed by atoms with van der Waals surface area (Å²) in [5.74, 6) is 0.543. The molecule has 1 amide bonds. The minimum absolute atomic E-state index is 0.0316. The monoisotopic (exact) mass is 509 g/mol. The Kier molecular flexibility index (Phi) is 7.57. The molecule has 1 aromatic carbocycles. The third-order valence-electron chi connectivity index (χ3n) is 6.42. The second-order valence-electron chi connectivity index (χ2n) is 8.88. The maximum atomic E-state index is 12.5. The van der Waals surface area contributed by atoms with Gasteiger partial charge in [-0.1, -0.05) is 54.9 Å². The molecule has 0 aliphatic heterocycles.